The minimum absolute atomic E-state index is 0.00355. The van der Waals surface area contributed by atoms with E-state index in [-0.39, 0.29) is 12.1 Å². The number of imidazole rings is 1. The monoisotopic (exact) mass is 325 g/mol. The van der Waals surface area contributed by atoms with Gasteiger partial charge in [-0.3, -0.25) is 14.9 Å². The minimum atomic E-state index is -0.871. The molecule has 3 aromatic rings. The average molecular weight is 325 g/mol. The number of carboxylic acids is 1. The van der Waals surface area contributed by atoms with Crippen LogP contribution in [0.3, 0.4) is 0 Å². The van der Waals surface area contributed by atoms with Gasteiger partial charge in [0.2, 0.25) is 0 Å². The van der Waals surface area contributed by atoms with Crippen LogP contribution in [0.4, 0.5) is 5.69 Å². The summed E-state index contributed by atoms with van der Waals surface area (Å²) in [6.07, 6.45) is 0.334. The van der Waals surface area contributed by atoms with Crippen LogP contribution in [0.2, 0.25) is 0 Å². The lowest BCUT2D eigenvalue weighted by Gasteiger charge is -2.09. The second kappa shape index (κ2) is 6.49. The highest BCUT2D eigenvalue weighted by Gasteiger charge is 2.13. The molecule has 0 saturated heterocycles. The van der Waals surface area contributed by atoms with Crippen molar-refractivity contribution in [1.29, 1.82) is 0 Å². The van der Waals surface area contributed by atoms with Gasteiger partial charge in [-0.2, -0.15) is 0 Å². The van der Waals surface area contributed by atoms with Crippen molar-refractivity contribution in [3.05, 3.63) is 70.0 Å². The lowest BCUT2D eigenvalue weighted by Crippen LogP contribution is -2.08. The molecular weight excluding hydrogens is 310 g/mol. The van der Waals surface area contributed by atoms with E-state index < -0.39 is 10.9 Å². The van der Waals surface area contributed by atoms with Gasteiger partial charge in [-0.15, -0.1) is 0 Å². The fourth-order valence-corrected chi connectivity index (χ4v) is 2.62. The summed E-state index contributed by atoms with van der Waals surface area (Å²) in [6, 6.07) is 13.9. The first-order valence-electron chi connectivity index (χ1n) is 7.44. The van der Waals surface area contributed by atoms with E-state index in [1.807, 2.05) is 28.8 Å². The molecule has 1 N–H and O–H groups in total. The molecule has 0 aliphatic rings. The van der Waals surface area contributed by atoms with Gasteiger partial charge in [0, 0.05) is 25.1 Å². The van der Waals surface area contributed by atoms with Crippen LogP contribution >= 0.6 is 0 Å². The predicted molar refractivity (Wildman–Crippen MR) is 87.9 cm³/mol. The van der Waals surface area contributed by atoms with Crippen LogP contribution in [0, 0.1) is 10.1 Å². The summed E-state index contributed by atoms with van der Waals surface area (Å²) < 4.78 is 1.96. The second-order valence-corrected chi connectivity index (χ2v) is 5.42. The zero-order valence-corrected chi connectivity index (χ0v) is 12.8. The molecule has 0 spiro atoms. The predicted octanol–water partition coefficient (Wildman–Crippen LogP) is 3.01. The molecule has 0 atom stereocenters. The molecule has 0 bridgehead atoms. The topological polar surface area (TPSA) is 98.3 Å². The molecule has 0 fully saturated rings. The molecule has 0 saturated carbocycles. The van der Waals surface area contributed by atoms with Gasteiger partial charge in [0.15, 0.2) is 0 Å². The van der Waals surface area contributed by atoms with Crippen molar-refractivity contribution >= 4 is 22.7 Å². The van der Waals surface area contributed by atoms with Crippen LogP contribution in [0.25, 0.3) is 11.0 Å². The first-order chi connectivity index (χ1) is 11.5. The Balaban J connectivity index is 1.95. The van der Waals surface area contributed by atoms with Crippen molar-refractivity contribution < 1.29 is 14.8 Å². The molecular formula is C17H15N3O4. The molecule has 0 aliphatic heterocycles. The quantitative estimate of drug-likeness (QED) is 0.555. The molecule has 122 valence electrons. The highest BCUT2D eigenvalue weighted by molar-refractivity contribution is 5.76. The van der Waals surface area contributed by atoms with Crippen molar-refractivity contribution in [2.75, 3.05) is 0 Å². The van der Waals surface area contributed by atoms with Crippen LogP contribution in [-0.2, 0) is 17.8 Å². The van der Waals surface area contributed by atoms with E-state index in [4.69, 9.17) is 5.11 Å². The zero-order chi connectivity index (χ0) is 17.1. The normalized spacial score (nSPS) is 10.8. The summed E-state index contributed by atoms with van der Waals surface area (Å²) in [5, 5.41) is 19.7. The average Bonchev–Trinajstić information content (AvgIpc) is 2.91. The van der Waals surface area contributed by atoms with Crippen molar-refractivity contribution in [3.8, 4) is 0 Å². The molecule has 0 aliphatic carbocycles. The standard InChI is InChI=1S/C17H15N3O4/c21-17(22)10-9-16-18-14-3-1-2-4-15(14)19(16)11-12-5-7-13(8-6-12)20(23)24/h1-8H,9-11H2,(H,21,22). The third-order valence-electron chi connectivity index (χ3n) is 3.78. The molecule has 7 heteroatoms. The van der Waals surface area contributed by atoms with E-state index in [2.05, 4.69) is 4.98 Å². The van der Waals surface area contributed by atoms with Crippen LogP contribution in [0.1, 0.15) is 17.8 Å². The number of aromatic nitrogens is 2. The first-order valence-corrected chi connectivity index (χ1v) is 7.44. The maximum absolute atomic E-state index is 10.9. The van der Waals surface area contributed by atoms with Crippen LogP contribution in [0.5, 0.6) is 0 Å². The minimum Gasteiger partial charge on any atom is -0.481 e. The number of aliphatic carboxylic acids is 1. The number of nitro groups is 1. The summed E-state index contributed by atoms with van der Waals surface area (Å²) in [5.74, 6) is -0.180. The van der Waals surface area contributed by atoms with Gasteiger partial charge >= 0.3 is 5.97 Å². The number of benzene rings is 2. The number of fused-ring (bicyclic) bond motifs is 1. The Morgan fingerprint density at radius 3 is 2.54 bits per heavy atom. The van der Waals surface area contributed by atoms with Gasteiger partial charge in [0.05, 0.1) is 22.4 Å². The lowest BCUT2D eigenvalue weighted by molar-refractivity contribution is -0.384. The SMILES string of the molecule is O=C(O)CCc1nc2ccccc2n1Cc1ccc([N+](=O)[O-])cc1. The Hall–Kier alpha value is -3.22. The number of hydrogen-bond acceptors (Lipinski definition) is 4. The number of carbonyl (C=O) groups is 1. The Kier molecular flexibility index (Phi) is 4.24. The van der Waals surface area contributed by atoms with E-state index in [9.17, 15) is 14.9 Å². The largest absolute Gasteiger partial charge is 0.481 e. The number of rotatable bonds is 6. The molecule has 0 unspecified atom stereocenters. The Morgan fingerprint density at radius 2 is 1.88 bits per heavy atom. The highest BCUT2D eigenvalue weighted by atomic mass is 16.6. The van der Waals surface area contributed by atoms with Gasteiger partial charge < -0.3 is 9.67 Å². The Morgan fingerprint density at radius 1 is 1.17 bits per heavy atom. The summed E-state index contributed by atoms with van der Waals surface area (Å²) >= 11 is 0. The molecule has 1 aromatic heterocycles. The van der Waals surface area contributed by atoms with Gasteiger partial charge in [-0.05, 0) is 17.7 Å². The highest BCUT2D eigenvalue weighted by Crippen LogP contribution is 2.20. The summed E-state index contributed by atoms with van der Waals surface area (Å²) in [7, 11) is 0. The molecule has 1 heterocycles. The summed E-state index contributed by atoms with van der Waals surface area (Å²) in [6.45, 7) is 0.480. The molecule has 0 radical (unpaired) electrons. The van der Waals surface area contributed by atoms with Crippen LogP contribution in [-0.4, -0.2) is 25.6 Å². The maximum Gasteiger partial charge on any atom is 0.303 e. The van der Waals surface area contributed by atoms with Crippen molar-refractivity contribution in [3.63, 3.8) is 0 Å². The van der Waals surface area contributed by atoms with Crippen LogP contribution in [0.15, 0.2) is 48.5 Å². The van der Waals surface area contributed by atoms with Crippen molar-refractivity contribution in [2.45, 2.75) is 19.4 Å². The fourth-order valence-electron chi connectivity index (χ4n) is 2.62. The third-order valence-corrected chi connectivity index (χ3v) is 3.78. The molecule has 3 rings (SSSR count). The van der Waals surface area contributed by atoms with E-state index >= 15 is 0 Å². The van der Waals surface area contributed by atoms with Gasteiger partial charge in [-0.1, -0.05) is 24.3 Å². The number of non-ortho nitro benzene ring substituents is 1. The number of hydrogen-bond donors (Lipinski definition) is 1. The van der Waals surface area contributed by atoms with Crippen molar-refractivity contribution in [1.82, 2.24) is 9.55 Å². The second-order valence-electron chi connectivity index (χ2n) is 5.42. The zero-order valence-electron chi connectivity index (χ0n) is 12.8. The number of nitrogens with zero attached hydrogens (tertiary/aromatic N) is 3. The first kappa shape index (κ1) is 15.7. The molecule has 0 amide bonds. The van der Waals surface area contributed by atoms with Gasteiger partial charge in [0.25, 0.3) is 5.69 Å². The lowest BCUT2D eigenvalue weighted by atomic mass is 10.2. The number of carboxylic acid groups (broad SMARTS) is 1. The summed E-state index contributed by atoms with van der Waals surface area (Å²) in [4.78, 5) is 25.7. The third kappa shape index (κ3) is 3.24. The summed E-state index contributed by atoms with van der Waals surface area (Å²) in [5.41, 5.74) is 2.65. The molecule has 2 aromatic carbocycles. The molecule has 7 nitrogen and oxygen atoms in total. The number of aryl methyl sites for hydroxylation is 1. The molecule has 24 heavy (non-hydrogen) atoms. The van der Waals surface area contributed by atoms with E-state index in [0.29, 0.717) is 18.8 Å². The smallest absolute Gasteiger partial charge is 0.303 e. The van der Waals surface area contributed by atoms with E-state index in [0.717, 1.165) is 16.6 Å². The maximum atomic E-state index is 10.9. The Bertz CT molecular complexity index is 900. The van der Waals surface area contributed by atoms with Crippen molar-refractivity contribution in [2.24, 2.45) is 0 Å². The number of para-hydroxylation sites is 2. The van der Waals surface area contributed by atoms with E-state index in [1.54, 1.807) is 12.1 Å². The fraction of sp³-hybridized carbons (Fsp3) is 0.176. The van der Waals surface area contributed by atoms with Crippen LogP contribution < -0.4 is 0 Å². The van der Waals surface area contributed by atoms with E-state index in [1.165, 1.54) is 12.1 Å². The Labute approximate surface area is 137 Å². The van der Waals surface area contributed by atoms with Gasteiger partial charge in [0.1, 0.15) is 5.82 Å². The number of nitro benzene ring substituents is 1. The van der Waals surface area contributed by atoms with Gasteiger partial charge in [-0.25, -0.2) is 4.98 Å².